The highest BCUT2D eigenvalue weighted by molar-refractivity contribution is 7.90. The number of benzene rings is 2. The minimum absolute atomic E-state index is 0.344. The van der Waals surface area contributed by atoms with E-state index in [0.717, 1.165) is 10.9 Å². The molecule has 96 valence electrons. The van der Waals surface area contributed by atoms with Crippen molar-refractivity contribution < 1.29 is 8.42 Å². The van der Waals surface area contributed by atoms with Gasteiger partial charge in [-0.05, 0) is 30.7 Å². The Morgan fingerprint density at radius 2 is 1.58 bits per heavy atom. The minimum Gasteiger partial charge on any atom is -0.241 e. The largest absolute Gasteiger partial charge is 0.268 e. The number of rotatable bonds is 2. The van der Waals surface area contributed by atoms with Crippen molar-refractivity contribution in [2.75, 3.05) is 0 Å². The van der Waals surface area contributed by atoms with Gasteiger partial charge < -0.3 is 0 Å². The maximum atomic E-state index is 12.7. The summed E-state index contributed by atoms with van der Waals surface area (Å²) in [5.74, 6) is 0. The van der Waals surface area contributed by atoms with Gasteiger partial charge >= 0.3 is 0 Å². The zero-order valence-electron chi connectivity index (χ0n) is 10.4. The van der Waals surface area contributed by atoms with E-state index in [1.54, 1.807) is 31.3 Å². The van der Waals surface area contributed by atoms with Crippen molar-refractivity contribution in [2.45, 2.75) is 11.8 Å². The highest BCUT2D eigenvalue weighted by Crippen LogP contribution is 2.23. The second-order valence-corrected chi connectivity index (χ2v) is 6.22. The van der Waals surface area contributed by atoms with Gasteiger partial charge in [0.2, 0.25) is 0 Å². The molecule has 0 aliphatic rings. The predicted octanol–water partition coefficient (Wildman–Crippen LogP) is 3.19. The van der Waals surface area contributed by atoms with Crippen LogP contribution in [0.4, 0.5) is 0 Å². The lowest BCUT2D eigenvalue weighted by Gasteiger charge is -2.09. The number of para-hydroxylation sites is 1. The Morgan fingerprint density at radius 1 is 0.895 bits per heavy atom. The van der Waals surface area contributed by atoms with Crippen molar-refractivity contribution in [3.05, 3.63) is 66.4 Å². The molecule has 0 atom stereocenters. The number of nitrogens with zero attached hydrogens (tertiary/aromatic N) is 1. The summed E-state index contributed by atoms with van der Waals surface area (Å²) in [6, 6.07) is 16.3. The van der Waals surface area contributed by atoms with Gasteiger partial charge in [-0.1, -0.05) is 36.4 Å². The topological polar surface area (TPSA) is 39.1 Å². The molecule has 3 nitrogen and oxygen atoms in total. The molecule has 1 heterocycles. The first kappa shape index (κ1) is 12.0. The molecule has 0 fully saturated rings. The van der Waals surface area contributed by atoms with E-state index in [-0.39, 0.29) is 0 Å². The molecular formula is C15H13NO2S. The summed E-state index contributed by atoms with van der Waals surface area (Å²) in [6.07, 6.45) is 1.60. The van der Waals surface area contributed by atoms with E-state index >= 15 is 0 Å². The van der Waals surface area contributed by atoms with Crippen LogP contribution in [-0.2, 0) is 10.0 Å². The molecule has 2 aromatic carbocycles. The van der Waals surface area contributed by atoms with E-state index in [1.807, 2.05) is 36.4 Å². The summed E-state index contributed by atoms with van der Waals surface area (Å²) in [5.41, 5.74) is 1.45. The van der Waals surface area contributed by atoms with Crippen molar-refractivity contribution in [1.29, 1.82) is 0 Å². The Morgan fingerprint density at radius 3 is 2.37 bits per heavy atom. The lowest BCUT2D eigenvalue weighted by molar-refractivity contribution is 0.588. The van der Waals surface area contributed by atoms with Gasteiger partial charge in [0.25, 0.3) is 10.0 Å². The van der Waals surface area contributed by atoms with Crippen LogP contribution in [0.25, 0.3) is 10.9 Å². The Hall–Kier alpha value is -2.07. The van der Waals surface area contributed by atoms with Crippen LogP contribution in [0.2, 0.25) is 0 Å². The second kappa shape index (κ2) is 4.24. The van der Waals surface area contributed by atoms with Gasteiger partial charge in [0.15, 0.2) is 0 Å². The quantitative estimate of drug-likeness (QED) is 0.718. The summed E-state index contributed by atoms with van der Waals surface area (Å²) in [4.78, 5) is 0.344. The maximum absolute atomic E-state index is 12.7. The lowest BCUT2D eigenvalue weighted by Crippen LogP contribution is -2.12. The van der Waals surface area contributed by atoms with Crippen LogP contribution in [0.1, 0.15) is 5.56 Å². The molecule has 0 unspecified atom stereocenters. The van der Waals surface area contributed by atoms with E-state index in [9.17, 15) is 8.42 Å². The molecule has 0 aliphatic heterocycles. The first-order chi connectivity index (χ1) is 9.10. The Kier molecular flexibility index (Phi) is 2.68. The first-order valence-corrected chi connectivity index (χ1v) is 7.42. The molecular weight excluding hydrogens is 258 g/mol. The van der Waals surface area contributed by atoms with Crippen LogP contribution < -0.4 is 0 Å². The molecule has 19 heavy (non-hydrogen) atoms. The fraction of sp³-hybridized carbons (Fsp3) is 0.0667. The molecule has 0 aliphatic carbocycles. The van der Waals surface area contributed by atoms with Crippen LogP contribution in [-0.4, -0.2) is 12.4 Å². The van der Waals surface area contributed by atoms with Crippen LogP contribution in [0.3, 0.4) is 0 Å². The summed E-state index contributed by atoms with van der Waals surface area (Å²) >= 11 is 0. The molecule has 3 aromatic rings. The van der Waals surface area contributed by atoms with Crippen LogP contribution in [0, 0.1) is 6.92 Å². The van der Waals surface area contributed by atoms with E-state index in [4.69, 9.17) is 0 Å². The highest BCUT2D eigenvalue weighted by atomic mass is 32.2. The van der Waals surface area contributed by atoms with Gasteiger partial charge in [-0.15, -0.1) is 0 Å². The summed E-state index contributed by atoms with van der Waals surface area (Å²) in [6.45, 7) is 1.80. The average Bonchev–Trinajstić information content (AvgIpc) is 2.83. The molecule has 0 bridgehead atoms. The predicted molar refractivity (Wildman–Crippen MR) is 75.7 cm³/mol. The smallest absolute Gasteiger partial charge is 0.241 e. The van der Waals surface area contributed by atoms with Crippen molar-refractivity contribution >= 4 is 20.9 Å². The standard InChI is InChI=1S/C15H13NO2S/c1-12-6-2-5-9-15(12)19(17,18)16-11-10-13-7-3-4-8-14(13)16/h2-11H,1H3. The maximum Gasteiger partial charge on any atom is 0.268 e. The van der Waals surface area contributed by atoms with Crippen LogP contribution >= 0.6 is 0 Å². The molecule has 0 spiro atoms. The monoisotopic (exact) mass is 271 g/mol. The van der Waals surface area contributed by atoms with E-state index < -0.39 is 10.0 Å². The highest BCUT2D eigenvalue weighted by Gasteiger charge is 2.20. The Balaban J connectivity index is 2.29. The van der Waals surface area contributed by atoms with Crippen molar-refractivity contribution in [3.8, 4) is 0 Å². The zero-order valence-corrected chi connectivity index (χ0v) is 11.3. The third kappa shape index (κ3) is 1.85. The number of fused-ring (bicyclic) bond motifs is 1. The normalized spacial score (nSPS) is 11.8. The van der Waals surface area contributed by atoms with Crippen molar-refractivity contribution in [1.82, 2.24) is 3.97 Å². The number of hydrogen-bond acceptors (Lipinski definition) is 2. The molecule has 4 heteroatoms. The molecule has 0 saturated heterocycles. The SMILES string of the molecule is Cc1ccccc1S(=O)(=O)n1ccc2ccccc21. The fourth-order valence-electron chi connectivity index (χ4n) is 2.22. The molecule has 0 saturated carbocycles. The van der Waals surface area contributed by atoms with E-state index in [0.29, 0.717) is 10.4 Å². The lowest BCUT2D eigenvalue weighted by atomic mass is 10.2. The summed E-state index contributed by atoms with van der Waals surface area (Å²) in [5, 5.41) is 0.916. The first-order valence-electron chi connectivity index (χ1n) is 5.98. The number of aromatic nitrogens is 1. The number of hydrogen-bond donors (Lipinski definition) is 0. The average molecular weight is 271 g/mol. The van der Waals surface area contributed by atoms with Gasteiger partial charge in [-0.2, -0.15) is 0 Å². The van der Waals surface area contributed by atoms with Gasteiger partial charge in [0.05, 0.1) is 10.4 Å². The van der Waals surface area contributed by atoms with Crippen LogP contribution in [0.5, 0.6) is 0 Å². The molecule has 0 N–H and O–H groups in total. The minimum atomic E-state index is -3.54. The van der Waals surface area contributed by atoms with Gasteiger partial charge in [-0.3, -0.25) is 0 Å². The van der Waals surface area contributed by atoms with Gasteiger partial charge in [0, 0.05) is 11.6 Å². The Labute approximate surface area is 112 Å². The fourth-order valence-corrected chi connectivity index (χ4v) is 3.80. The third-order valence-electron chi connectivity index (χ3n) is 3.19. The Bertz CT molecular complexity index is 847. The third-order valence-corrected chi connectivity index (χ3v) is 5.04. The molecule has 3 rings (SSSR count). The van der Waals surface area contributed by atoms with Crippen molar-refractivity contribution in [3.63, 3.8) is 0 Å². The van der Waals surface area contributed by atoms with Gasteiger partial charge in [0.1, 0.15) is 0 Å². The molecule has 0 radical (unpaired) electrons. The molecule has 0 amide bonds. The van der Waals surface area contributed by atoms with Crippen LogP contribution in [0.15, 0.2) is 65.7 Å². The van der Waals surface area contributed by atoms with Crippen molar-refractivity contribution in [2.24, 2.45) is 0 Å². The number of aryl methyl sites for hydroxylation is 1. The summed E-state index contributed by atoms with van der Waals surface area (Å²) < 4.78 is 26.7. The molecule has 1 aromatic heterocycles. The zero-order chi connectivity index (χ0) is 13.5. The van der Waals surface area contributed by atoms with E-state index in [1.165, 1.54) is 3.97 Å². The van der Waals surface area contributed by atoms with E-state index in [2.05, 4.69) is 0 Å². The summed E-state index contributed by atoms with van der Waals surface area (Å²) in [7, 11) is -3.54. The van der Waals surface area contributed by atoms with Gasteiger partial charge in [-0.25, -0.2) is 12.4 Å². The second-order valence-electron chi connectivity index (χ2n) is 4.44.